The number of nitrogens with zero attached hydrogens (tertiary/aromatic N) is 3. The summed E-state index contributed by atoms with van der Waals surface area (Å²) in [5.74, 6) is 0.0565. The molecule has 128 valence electrons. The number of carbonyl (C=O) groups is 2. The number of nitrogens with one attached hydrogen (secondary N) is 2. The summed E-state index contributed by atoms with van der Waals surface area (Å²) in [4.78, 5) is 36.3. The van der Waals surface area contributed by atoms with Crippen LogP contribution < -0.4 is 10.6 Å². The van der Waals surface area contributed by atoms with Gasteiger partial charge >= 0.3 is 12.0 Å². The Morgan fingerprint density at radius 3 is 2.71 bits per heavy atom. The summed E-state index contributed by atoms with van der Waals surface area (Å²) in [5.41, 5.74) is 0.591. The molecule has 0 bridgehead atoms. The van der Waals surface area contributed by atoms with Gasteiger partial charge in [-0.2, -0.15) is 0 Å². The summed E-state index contributed by atoms with van der Waals surface area (Å²) in [6, 6.07) is 1.49. The number of aromatic nitrogens is 3. The van der Waals surface area contributed by atoms with Crippen LogP contribution in [0.25, 0.3) is 10.8 Å². The minimum absolute atomic E-state index is 0.222. The zero-order valence-electron chi connectivity index (χ0n) is 13.5. The predicted octanol–water partition coefficient (Wildman–Crippen LogP) is 1.77. The number of hydrogen-bond acceptors (Lipinski definition) is 7. The van der Waals surface area contributed by atoms with Crippen LogP contribution in [0.15, 0.2) is 18.5 Å². The fourth-order valence-corrected chi connectivity index (χ4v) is 2.73. The van der Waals surface area contributed by atoms with Crippen LogP contribution in [0, 0.1) is 6.92 Å². The lowest BCUT2D eigenvalue weighted by Crippen LogP contribution is -2.36. The Hall–Kier alpha value is -2.55. The molecule has 0 fully saturated rings. The molecule has 0 saturated carbocycles. The number of urea groups is 1. The summed E-state index contributed by atoms with van der Waals surface area (Å²) in [6.07, 6.45) is 3.78. The van der Waals surface area contributed by atoms with Crippen molar-refractivity contribution in [2.75, 3.05) is 19.7 Å². The lowest BCUT2D eigenvalue weighted by atomic mass is 10.4. The Kier molecular flexibility index (Phi) is 6.62. The van der Waals surface area contributed by atoms with E-state index in [0.29, 0.717) is 40.9 Å². The molecule has 24 heavy (non-hydrogen) atoms. The molecule has 0 radical (unpaired) electrons. The highest BCUT2D eigenvalue weighted by Gasteiger charge is 2.18. The van der Waals surface area contributed by atoms with E-state index in [-0.39, 0.29) is 12.6 Å². The van der Waals surface area contributed by atoms with Gasteiger partial charge in [0.15, 0.2) is 10.8 Å². The van der Waals surface area contributed by atoms with Crippen LogP contribution >= 0.6 is 11.3 Å². The van der Waals surface area contributed by atoms with E-state index < -0.39 is 5.97 Å². The topological polar surface area (TPSA) is 106 Å². The maximum Gasteiger partial charge on any atom is 0.350 e. The van der Waals surface area contributed by atoms with Crippen LogP contribution in [0.1, 0.15) is 28.7 Å². The first-order valence-electron chi connectivity index (χ1n) is 7.55. The second kappa shape index (κ2) is 8.92. The Morgan fingerprint density at radius 1 is 1.25 bits per heavy atom. The van der Waals surface area contributed by atoms with Crippen LogP contribution in [-0.4, -0.2) is 46.6 Å². The third-order valence-electron chi connectivity index (χ3n) is 2.92. The van der Waals surface area contributed by atoms with Crippen LogP contribution in [-0.2, 0) is 4.74 Å². The smallest absolute Gasteiger partial charge is 0.350 e. The predicted molar refractivity (Wildman–Crippen MR) is 89.9 cm³/mol. The Morgan fingerprint density at radius 2 is 2.00 bits per heavy atom. The highest BCUT2D eigenvalue weighted by molar-refractivity contribution is 7.16. The first-order valence-corrected chi connectivity index (χ1v) is 8.37. The molecule has 0 saturated heterocycles. The molecule has 2 N–H and O–H groups in total. The standard InChI is InChI=1S/C15H19N5O3S/c1-3-16-15(22)19-8-5-9-23-14(21)11-10(2)20-13(24-11)12-17-6-4-7-18-12/h4,6-7H,3,5,8-9H2,1-2H3,(H2,16,19,22). The number of hydrogen-bond donors (Lipinski definition) is 2. The van der Waals surface area contributed by atoms with Crippen molar-refractivity contribution in [1.29, 1.82) is 0 Å². The van der Waals surface area contributed by atoms with Gasteiger partial charge in [-0.1, -0.05) is 0 Å². The maximum atomic E-state index is 12.1. The minimum Gasteiger partial charge on any atom is -0.461 e. The lowest BCUT2D eigenvalue weighted by molar-refractivity contribution is 0.0506. The number of thiazole rings is 1. The molecule has 0 aliphatic rings. The zero-order valence-corrected chi connectivity index (χ0v) is 14.4. The molecule has 2 rings (SSSR count). The van der Waals surface area contributed by atoms with Gasteiger partial charge in [-0.3, -0.25) is 0 Å². The number of carbonyl (C=O) groups excluding carboxylic acids is 2. The van der Waals surface area contributed by atoms with Gasteiger partial charge in [0.05, 0.1) is 12.3 Å². The molecule has 0 aliphatic heterocycles. The quantitative estimate of drug-likeness (QED) is 0.583. The van der Waals surface area contributed by atoms with Gasteiger partial charge < -0.3 is 15.4 Å². The molecular formula is C15H19N5O3S. The third kappa shape index (κ3) is 4.98. The Balaban J connectivity index is 1.83. The largest absolute Gasteiger partial charge is 0.461 e. The first kappa shape index (κ1) is 17.8. The van der Waals surface area contributed by atoms with E-state index in [4.69, 9.17) is 4.74 Å². The molecule has 0 unspecified atom stereocenters. The Labute approximate surface area is 143 Å². The van der Waals surface area contributed by atoms with Gasteiger partial charge in [0, 0.05) is 25.5 Å². The van der Waals surface area contributed by atoms with Gasteiger partial charge in [0.1, 0.15) is 4.88 Å². The van der Waals surface area contributed by atoms with E-state index in [0.717, 1.165) is 0 Å². The molecule has 2 aromatic rings. The van der Waals surface area contributed by atoms with Crippen LogP contribution in [0.2, 0.25) is 0 Å². The van der Waals surface area contributed by atoms with Gasteiger partial charge in [0.2, 0.25) is 0 Å². The van der Waals surface area contributed by atoms with E-state index in [9.17, 15) is 9.59 Å². The second-order valence-electron chi connectivity index (χ2n) is 4.78. The molecule has 0 spiro atoms. The second-order valence-corrected chi connectivity index (χ2v) is 5.78. The van der Waals surface area contributed by atoms with Crippen molar-refractivity contribution in [1.82, 2.24) is 25.6 Å². The van der Waals surface area contributed by atoms with Crippen LogP contribution in [0.3, 0.4) is 0 Å². The fourth-order valence-electron chi connectivity index (χ4n) is 1.82. The van der Waals surface area contributed by atoms with E-state index >= 15 is 0 Å². The average Bonchev–Trinajstić information content (AvgIpc) is 2.97. The van der Waals surface area contributed by atoms with Crippen molar-refractivity contribution >= 4 is 23.3 Å². The van der Waals surface area contributed by atoms with Crippen molar-refractivity contribution in [2.45, 2.75) is 20.3 Å². The van der Waals surface area contributed by atoms with Crippen molar-refractivity contribution in [3.05, 3.63) is 29.0 Å². The van der Waals surface area contributed by atoms with E-state index in [1.54, 1.807) is 25.4 Å². The molecule has 9 heteroatoms. The van der Waals surface area contributed by atoms with Gasteiger partial charge in [-0.15, -0.1) is 11.3 Å². The van der Waals surface area contributed by atoms with Crippen molar-refractivity contribution < 1.29 is 14.3 Å². The van der Waals surface area contributed by atoms with E-state index in [1.807, 2.05) is 6.92 Å². The number of esters is 1. The fraction of sp³-hybridized carbons (Fsp3) is 0.400. The number of rotatable bonds is 7. The van der Waals surface area contributed by atoms with Crippen LogP contribution in [0.5, 0.6) is 0 Å². The molecule has 8 nitrogen and oxygen atoms in total. The summed E-state index contributed by atoms with van der Waals surface area (Å²) >= 11 is 1.21. The molecule has 2 amide bonds. The third-order valence-corrected chi connectivity index (χ3v) is 4.05. The Bertz CT molecular complexity index is 690. The highest BCUT2D eigenvalue weighted by atomic mass is 32.1. The molecule has 0 aromatic carbocycles. The zero-order chi connectivity index (χ0) is 17.4. The van der Waals surface area contributed by atoms with E-state index in [1.165, 1.54) is 11.3 Å². The number of aryl methyl sites for hydroxylation is 1. The lowest BCUT2D eigenvalue weighted by Gasteiger charge is -2.06. The molecule has 2 heterocycles. The average molecular weight is 349 g/mol. The maximum absolute atomic E-state index is 12.1. The number of ether oxygens (including phenoxy) is 1. The highest BCUT2D eigenvalue weighted by Crippen LogP contribution is 2.25. The van der Waals surface area contributed by atoms with Crippen molar-refractivity contribution in [3.63, 3.8) is 0 Å². The number of amides is 2. The molecular weight excluding hydrogens is 330 g/mol. The van der Waals surface area contributed by atoms with Crippen LogP contribution in [0.4, 0.5) is 4.79 Å². The normalized spacial score (nSPS) is 10.2. The van der Waals surface area contributed by atoms with Gasteiger partial charge in [-0.25, -0.2) is 24.5 Å². The van der Waals surface area contributed by atoms with Crippen molar-refractivity contribution in [3.8, 4) is 10.8 Å². The molecule has 2 aromatic heterocycles. The van der Waals surface area contributed by atoms with Crippen molar-refractivity contribution in [2.24, 2.45) is 0 Å². The van der Waals surface area contributed by atoms with E-state index in [2.05, 4.69) is 25.6 Å². The monoisotopic (exact) mass is 349 g/mol. The minimum atomic E-state index is -0.426. The van der Waals surface area contributed by atoms with Gasteiger partial charge in [-0.05, 0) is 26.3 Å². The summed E-state index contributed by atoms with van der Waals surface area (Å²) < 4.78 is 5.22. The SMILES string of the molecule is CCNC(=O)NCCCOC(=O)c1sc(-c2ncccn2)nc1C. The summed E-state index contributed by atoms with van der Waals surface area (Å²) in [5, 5.41) is 5.87. The van der Waals surface area contributed by atoms with Gasteiger partial charge in [0.25, 0.3) is 0 Å². The molecule has 0 aliphatic carbocycles. The summed E-state index contributed by atoms with van der Waals surface area (Å²) in [7, 11) is 0. The summed E-state index contributed by atoms with van der Waals surface area (Å²) in [6.45, 7) is 4.81. The molecule has 0 atom stereocenters. The first-order chi connectivity index (χ1) is 11.6.